The first-order valence-corrected chi connectivity index (χ1v) is 6.99. The zero-order valence-electron chi connectivity index (χ0n) is 10.3. The maximum atomic E-state index is 5.58. The first kappa shape index (κ1) is 14.0. The van der Waals surface area contributed by atoms with Crippen LogP contribution >= 0.6 is 28.1 Å². The summed E-state index contributed by atoms with van der Waals surface area (Å²) in [6.07, 6.45) is 4.21. The Balaban J connectivity index is 2.14. The molecule has 0 saturated carbocycles. The highest BCUT2D eigenvalue weighted by molar-refractivity contribution is 9.10. The SMILES string of the molecule is CCCOc1ccc(/C=N\n2cn[nH]c2=S)cc1Br. The van der Waals surface area contributed by atoms with E-state index in [1.54, 1.807) is 6.21 Å². The Morgan fingerprint density at radius 1 is 1.58 bits per heavy atom. The molecule has 2 rings (SSSR count). The van der Waals surface area contributed by atoms with Crippen LogP contribution in [0.4, 0.5) is 0 Å². The molecule has 0 fully saturated rings. The largest absolute Gasteiger partial charge is 0.492 e. The van der Waals surface area contributed by atoms with E-state index in [1.165, 1.54) is 11.0 Å². The molecule has 5 nitrogen and oxygen atoms in total. The monoisotopic (exact) mass is 340 g/mol. The summed E-state index contributed by atoms with van der Waals surface area (Å²) in [5.41, 5.74) is 0.943. The minimum absolute atomic E-state index is 0.457. The Hall–Kier alpha value is -1.47. The summed E-state index contributed by atoms with van der Waals surface area (Å²) >= 11 is 8.47. The summed E-state index contributed by atoms with van der Waals surface area (Å²) in [7, 11) is 0. The molecule has 7 heteroatoms. The minimum Gasteiger partial charge on any atom is -0.492 e. The molecule has 100 valence electrons. The van der Waals surface area contributed by atoms with Gasteiger partial charge in [-0.1, -0.05) is 6.92 Å². The van der Waals surface area contributed by atoms with E-state index in [0.29, 0.717) is 11.4 Å². The average molecular weight is 341 g/mol. The van der Waals surface area contributed by atoms with Gasteiger partial charge in [-0.25, -0.2) is 0 Å². The smallest absolute Gasteiger partial charge is 0.216 e. The highest BCUT2D eigenvalue weighted by Crippen LogP contribution is 2.25. The van der Waals surface area contributed by atoms with Crippen LogP contribution in [-0.4, -0.2) is 27.7 Å². The van der Waals surface area contributed by atoms with Gasteiger partial charge in [0.05, 0.1) is 17.3 Å². The molecule has 0 spiro atoms. The van der Waals surface area contributed by atoms with Gasteiger partial charge in [0, 0.05) is 0 Å². The molecular formula is C12H13BrN4OS. The van der Waals surface area contributed by atoms with Crippen LogP contribution < -0.4 is 4.74 Å². The van der Waals surface area contributed by atoms with Gasteiger partial charge in [0.1, 0.15) is 12.1 Å². The third-order valence-electron chi connectivity index (χ3n) is 2.28. The fraction of sp³-hybridized carbons (Fsp3) is 0.250. The molecule has 1 aromatic heterocycles. The molecule has 0 aliphatic rings. The Kier molecular flexibility index (Phi) is 4.86. The number of nitrogens with zero attached hydrogens (tertiary/aromatic N) is 3. The van der Waals surface area contributed by atoms with Crippen LogP contribution in [0.15, 0.2) is 34.1 Å². The van der Waals surface area contributed by atoms with Crippen LogP contribution in [0.5, 0.6) is 5.75 Å². The molecular weight excluding hydrogens is 328 g/mol. The molecule has 1 N–H and O–H groups in total. The van der Waals surface area contributed by atoms with Gasteiger partial charge in [0.15, 0.2) is 0 Å². The Labute approximate surface area is 124 Å². The lowest BCUT2D eigenvalue weighted by Crippen LogP contribution is -1.96. The summed E-state index contributed by atoms with van der Waals surface area (Å²) in [5.74, 6) is 0.832. The van der Waals surface area contributed by atoms with Crippen molar-refractivity contribution < 1.29 is 4.74 Å². The lowest BCUT2D eigenvalue weighted by molar-refractivity contribution is 0.315. The predicted molar refractivity (Wildman–Crippen MR) is 80.3 cm³/mol. The normalized spacial score (nSPS) is 11.1. The third kappa shape index (κ3) is 3.74. The van der Waals surface area contributed by atoms with Crippen LogP contribution in [0.2, 0.25) is 0 Å². The maximum absolute atomic E-state index is 5.58. The van der Waals surface area contributed by atoms with E-state index in [0.717, 1.165) is 22.2 Å². The van der Waals surface area contributed by atoms with Crippen LogP contribution in [0.25, 0.3) is 0 Å². The summed E-state index contributed by atoms with van der Waals surface area (Å²) in [6, 6.07) is 5.79. The van der Waals surface area contributed by atoms with Crippen LogP contribution in [0.1, 0.15) is 18.9 Å². The number of aromatic nitrogens is 3. The molecule has 0 aliphatic carbocycles. The van der Waals surface area contributed by atoms with Gasteiger partial charge < -0.3 is 4.74 Å². The van der Waals surface area contributed by atoms with Crippen molar-refractivity contribution in [3.63, 3.8) is 0 Å². The van der Waals surface area contributed by atoms with Crippen molar-refractivity contribution in [1.82, 2.24) is 14.9 Å². The number of benzene rings is 1. The number of rotatable bonds is 5. The molecule has 0 unspecified atom stereocenters. The molecule has 0 bridgehead atoms. The Bertz CT molecular complexity index is 635. The average Bonchev–Trinajstić information content (AvgIpc) is 2.81. The second-order valence-corrected chi connectivity index (χ2v) is 5.03. The van der Waals surface area contributed by atoms with Crippen molar-refractivity contribution >= 4 is 34.4 Å². The van der Waals surface area contributed by atoms with Crippen LogP contribution in [-0.2, 0) is 0 Å². The molecule has 0 radical (unpaired) electrons. The van der Waals surface area contributed by atoms with Gasteiger partial charge in [0.25, 0.3) is 0 Å². The van der Waals surface area contributed by atoms with Gasteiger partial charge >= 0.3 is 0 Å². The van der Waals surface area contributed by atoms with Crippen molar-refractivity contribution in [2.45, 2.75) is 13.3 Å². The van der Waals surface area contributed by atoms with Gasteiger partial charge in [-0.3, -0.25) is 5.10 Å². The van der Waals surface area contributed by atoms with Crippen molar-refractivity contribution in [3.8, 4) is 5.75 Å². The number of ether oxygens (including phenoxy) is 1. The zero-order valence-corrected chi connectivity index (χ0v) is 12.7. The van der Waals surface area contributed by atoms with Crippen molar-refractivity contribution in [2.24, 2.45) is 5.10 Å². The van der Waals surface area contributed by atoms with Crippen LogP contribution in [0, 0.1) is 4.77 Å². The Morgan fingerprint density at radius 3 is 3.05 bits per heavy atom. The number of hydrogen-bond donors (Lipinski definition) is 1. The van der Waals surface area contributed by atoms with Crippen molar-refractivity contribution in [2.75, 3.05) is 6.61 Å². The number of aromatic amines is 1. The van der Waals surface area contributed by atoms with E-state index >= 15 is 0 Å². The fourth-order valence-corrected chi connectivity index (χ4v) is 2.04. The fourth-order valence-electron chi connectivity index (χ4n) is 1.38. The molecule has 0 amide bonds. The number of hydrogen-bond acceptors (Lipinski definition) is 4. The van der Waals surface area contributed by atoms with Crippen LogP contribution in [0.3, 0.4) is 0 Å². The summed E-state index contributed by atoms with van der Waals surface area (Å²) < 4.78 is 8.43. The quantitative estimate of drug-likeness (QED) is 0.670. The number of nitrogens with one attached hydrogen (secondary N) is 1. The first-order valence-electron chi connectivity index (χ1n) is 5.79. The second kappa shape index (κ2) is 6.63. The van der Waals surface area contributed by atoms with Gasteiger partial charge in [-0.05, 0) is 58.3 Å². The van der Waals surface area contributed by atoms with Gasteiger partial charge in [0.2, 0.25) is 4.77 Å². The van der Waals surface area contributed by atoms with E-state index in [2.05, 4.69) is 38.2 Å². The number of H-pyrrole nitrogens is 1. The summed E-state index contributed by atoms with van der Waals surface area (Å²) in [5, 5.41) is 10.6. The third-order valence-corrected chi connectivity index (χ3v) is 3.18. The van der Waals surface area contributed by atoms with E-state index in [4.69, 9.17) is 17.0 Å². The van der Waals surface area contributed by atoms with E-state index < -0.39 is 0 Å². The van der Waals surface area contributed by atoms with E-state index in [-0.39, 0.29) is 0 Å². The highest BCUT2D eigenvalue weighted by atomic mass is 79.9. The molecule has 2 aromatic rings. The lowest BCUT2D eigenvalue weighted by atomic mass is 10.2. The van der Waals surface area contributed by atoms with Crippen molar-refractivity contribution in [1.29, 1.82) is 0 Å². The first-order chi connectivity index (χ1) is 9.20. The standard InChI is InChI=1S/C12H13BrN4OS/c1-2-5-18-11-4-3-9(6-10(11)13)7-15-17-8-14-16-12(17)19/h3-4,6-8H,2,5H2,1H3,(H,16,19)/b15-7-. The molecule has 1 aromatic carbocycles. The number of halogens is 1. The molecule has 19 heavy (non-hydrogen) atoms. The summed E-state index contributed by atoms with van der Waals surface area (Å²) in [6.45, 7) is 2.78. The summed E-state index contributed by atoms with van der Waals surface area (Å²) in [4.78, 5) is 0. The lowest BCUT2D eigenvalue weighted by Gasteiger charge is -2.07. The van der Waals surface area contributed by atoms with E-state index in [9.17, 15) is 0 Å². The Morgan fingerprint density at radius 2 is 2.42 bits per heavy atom. The van der Waals surface area contributed by atoms with Gasteiger partial charge in [-0.2, -0.15) is 14.9 Å². The second-order valence-electron chi connectivity index (χ2n) is 3.79. The molecule has 0 saturated heterocycles. The zero-order chi connectivity index (χ0) is 13.7. The maximum Gasteiger partial charge on any atom is 0.216 e. The van der Waals surface area contributed by atoms with E-state index in [1.807, 2.05) is 18.2 Å². The van der Waals surface area contributed by atoms with Gasteiger partial charge in [-0.15, -0.1) is 0 Å². The molecule has 1 heterocycles. The minimum atomic E-state index is 0.457. The van der Waals surface area contributed by atoms with Crippen molar-refractivity contribution in [3.05, 3.63) is 39.3 Å². The topological polar surface area (TPSA) is 55.2 Å². The highest BCUT2D eigenvalue weighted by Gasteiger charge is 2.01. The molecule has 0 aliphatic heterocycles. The predicted octanol–water partition coefficient (Wildman–Crippen LogP) is 3.37. The molecule has 0 atom stereocenters.